The molecule has 0 bridgehead atoms. The van der Waals surface area contributed by atoms with E-state index in [-0.39, 0.29) is 15.6 Å². The lowest BCUT2D eigenvalue weighted by atomic mass is 10.2. The summed E-state index contributed by atoms with van der Waals surface area (Å²) in [4.78, 5) is 16.8. The summed E-state index contributed by atoms with van der Waals surface area (Å²) in [5, 5.41) is 6.50. The van der Waals surface area contributed by atoms with E-state index in [1.54, 1.807) is 6.07 Å². The standard InChI is InChI=1S/C17H15ClN4O3S3/c1-22(2)28(24,25)11-8-6-10(7-9-11)15(23)20-16(26)21-17-19-14-12(18)4-3-5-13(14)27-17/h3-9H,1-2H3,(H2,19,20,21,23,26). The predicted molar refractivity (Wildman–Crippen MR) is 116 cm³/mol. The Bertz CT molecular complexity index is 1160. The van der Waals surface area contributed by atoms with Gasteiger partial charge < -0.3 is 5.32 Å². The van der Waals surface area contributed by atoms with Crippen molar-refractivity contribution in [3.63, 3.8) is 0 Å². The van der Waals surface area contributed by atoms with Crippen molar-refractivity contribution in [1.82, 2.24) is 14.6 Å². The molecule has 0 unspecified atom stereocenters. The summed E-state index contributed by atoms with van der Waals surface area (Å²) >= 11 is 12.6. The van der Waals surface area contributed by atoms with Crippen molar-refractivity contribution < 1.29 is 13.2 Å². The molecule has 146 valence electrons. The molecule has 2 aromatic carbocycles. The third-order valence-electron chi connectivity index (χ3n) is 3.71. The molecule has 11 heteroatoms. The quantitative estimate of drug-likeness (QED) is 0.587. The predicted octanol–water partition coefficient (Wildman–Crippen LogP) is 3.33. The number of carbonyl (C=O) groups excluding carboxylic acids is 1. The van der Waals surface area contributed by atoms with Crippen molar-refractivity contribution in [3.8, 4) is 0 Å². The van der Waals surface area contributed by atoms with Crippen molar-refractivity contribution in [2.24, 2.45) is 0 Å². The molecule has 2 N–H and O–H groups in total. The van der Waals surface area contributed by atoms with Crippen molar-refractivity contribution >= 4 is 71.5 Å². The number of amides is 1. The molecule has 7 nitrogen and oxygen atoms in total. The van der Waals surface area contributed by atoms with Crippen LogP contribution in [0.5, 0.6) is 0 Å². The number of fused-ring (bicyclic) bond motifs is 1. The Morgan fingerprint density at radius 1 is 1.18 bits per heavy atom. The van der Waals surface area contributed by atoms with E-state index in [4.69, 9.17) is 23.8 Å². The highest BCUT2D eigenvalue weighted by Gasteiger charge is 2.18. The van der Waals surface area contributed by atoms with E-state index < -0.39 is 15.9 Å². The highest BCUT2D eigenvalue weighted by atomic mass is 35.5. The van der Waals surface area contributed by atoms with E-state index in [0.717, 1.165) is 9.01 Å². The molecule has 0 fully saturated rings. The zero-order valence-electron chi connectivity index (χ0n) is 14.8. The van der Waals surface area contributed by atoms with Crippen LogP contribution in [-0.2, 0) is 10.0 Å². The van der Waals surface area contributed by atoms with Crippen LogP contribution in [0.15, 0.2) is 47.4 Å². The average Bonchev–Trinajstić information content (AvgIpc) is 3.05. The fourth-order valence-electron chi connectivity index (χ4n) is 2.26. The summed E-state index contributed by atoms with van der Waals surface area (Å²) < 4.78 is 26.1. The number of thiocarbonyl (C=S) groups is 1. The van der Waals surface area contributed by atoms with Gasteiger partial charge in [0.2, 0.25) is 10.0 Å². The van der Waals surface area contributed by atoms with Gasteiger partial charge in [0.05, 0.1) is 14.6 Å². The first-order valence-electron chi connectivity index (χ1n) is 7.88. The molecule has 0 radical (unpaired) electrons. The summed E-state index contributed by atoms with van der Waals surface area (Å²) in [5.74, 6) is -0.467. The number of nitrogens with zero attached hydrogens (tertiary/aromatic N) is 2. The average molecular weight is 455 g/mol. The summed E-state index contributed by atoms with van der Waals surface area (Å²) in [5.41, 5.74) is 0.928. The zero-order valence-corrected chi connectivity index (χ0v) is 18.0. The van der Waals surface area contributed by atoms with E-state index in [0.29, 0.717) is 15.7 Å². The number of para-hydroxylation sites is 1. The summed E-state index contributed by atoms with van der Waals surface area (Å²) in [6.07, 6.45) is 0. The van der Waals surface area contributed by atoms with Gasteiger partial charge >= 0.3 is 0 Å². The first-order valence-corrected chi connectivity index (χ1v) is 10.9. The highest BCUT2D eigenvalue weighted by Crippen LogP contribution is 2.30. The second-order valence-electron chi connectivity index (χ2n) is 5.83. The van der Waals surface area contributed by atoms with E-state index >= 15 is 0 Å². The topological polar surface area (TPSA) is 91.4 Å². The van der Waals surface area contributed by atoms with E-state index in [9.17, 15) is 13.2 Å². The van der Waals surface area contributed by atoms with E-state index in [1.165, 1.54) is 49.7 Å². The first kappa shape index (κ1) is 20.6. The Kier molecular flexibility index (Phi) is 5.96. The number of hydrogen-bond donors (Lipinski definition) is 2. The number of anilines is 1. The van der Waals surface area contributed by atoms with Gasteiger partial charge in [-0.05, 0) is 48.6 Å². The van der Waals surface area contributed by atoms with Crippen LogP contribution in [0.1, 0.15) is 10.4 Å². The number of aromatic nitrogens is 1. The molecule has 0 aliphatic rings. The Balaban J connectivity index is 1.68. The largest absolute Gasteiger partial charge is 0.308 e. The maximum atomic E-state index is 12.3. The lowest BCUT2D eigenvalue weighted by Gasteiger charge is -2.12. The zero-order chi connectivity index (χ0) is 20.5. The van der Waals surface area contributed by atoms with Crippen LogP contribution in [0.25, 0.3) is 10.2 Å². The molecule has 0 saturated carbocycles. The molecule has 0 atom stereocenters. The van der Waals surface area contributed by atoms with Gasteiger partial charge in [0.25, 0.3) is 5.91 Å². The van der Waals surface area contributed by atoms with Gasteiger partial charge in [-0.15, -0.1) is 0 Å². The van der Waals surface area contributed by atoms with Crippen LogP contribution in [0.4, 0.5) is 5.13 Å². The van der Waals surface area contributed by atoms with Crippen molar-refractivity contribution in [3.05, 3.63) is 53.1 Å². The van der Waals surface area contributed by atoms with Crippen LogP contribution < -0.4 is 10.6 Å². The molecule has 1 aromatic heterocycles. The molecule has 1 amide bonds. The number of nitrogens with one attached hydrogen (secondary N) is 2. The van der Waals surface area contributed by atoms with Crippen LogP contribution in [0.3, 0.4) is 0 Å². The lowest BCUT2D eigenvalue weighted by Crippen LogP contribution is -2.34. The number of thiazole rings is 1. The maximum Gasteiger partial charge on any atom is 0.257 e. The third kappa shape index (κ3) is 4.31. The van der Waals surface area contributed by atoms with Crippen LogP contribution >= 0.6 is 35.2 Å². The SMILES string of the molecule is CN(C)S(=O)(=O)c1ccc(C(=O)NC(=S)Nc2nc3c(Cl)cccc3s2)cc1. The fourth-order valence-corrected chi connectivity index (χ4v) is 4.59. The third-order valence-corrected chi connectivity index (χ3v) is 6.99. The monoisotopic (exact) mass is 454 g/mol. The van der Waals surface area contributed by atoms with Crippen LogP contribution in [-0.4, -0.2) is 42.8 Å². The number of carbonyl (C=O) groups is 1. The molecule has 28 heavy (non-hydrogen) atoms. The van der Waals surface area contributed by atoms with Crippen molar-refractivity contribution in [2.45, 2.75) is 4.90 Å². The summed E-state index contributed by atoms with van der Waals surface area (Å²) in [6.45, 7) is 0. The van der Waals surface area contributed by atoms with Crippen LogP contribution in [0, 0.1) is 0 Å². The normalized spacial score (nSPS) is 11.6. The smallest absolute Gasteiger partial charge is 0.257 e. The van der Waals surface area contributed by atoms with Gasteiger partial charge in [-0.25, -0.2) is 17.7 Å². The molecule has 0 aliphatic heterocycles. The van der Waals surface area contributed by atoms with Gasteiger partial charge in [0.1, 0.15) is 5.52 Å². The molecule has 0 saturated heterocycles. The Labute approximate surface area is 176 Å². The summed E-state index contributed by atoms with van der Waals surface area (Å²) in [7, 11) is -0.674. The van der Waals surface area contributed by atoms with E-state index in [1.807, 2.05) is 12.1 Å². The van der Waals surface area contributed by atoms with Crippen molar-refractivity contribution in [1.29, 1.82) is 0 Å². The molecule has 0 aliphatic carbocycles. The van der Waals surface area contributed by atoms with Crippen LogP contribution in [0.2, 0.25) is 5.02 Å². The second kappa shape index (κ2) is 8.10. The van der Waals surface area contributed by atoms with Gasteiger partial charge in [-0.2, -0.15) is 0 Å². The molecular formula is C17H15ClN4O3S3. The van der Waals surface area contributed by atoms with Gasteiger partial charge in [0.15, 0.2) is 10.2 Å². The van der Waals surface area contributed by atoms with Gasteiger partial charge in [-0.3, -0.25) is 10.1 Å². The van der Waals surface area contributed by atoms with Gasteiger partial charge in [-0.1, -0.05) is 29.0 Å². The Morgan fingerprint density at radius 3 is 2.46 bits per heavy atom. The number of halogens is 1. The fraction of sp³-hybridized carbons (Fsp3) is 0.118. The lowest BCUT2D eigenvalue weighted by molar-refractivity contribution is 0.0977. The number of benzene rings is 2. The molecule has 1 heterocycles. The van der Waals surface area contributed by atoms with E-state index in [2.05, 4.69) is 15.6 Å². The minimum Gasteiger partial charge on any atom is -0.308 e. The molecule has 3 rings (SSSR count). The Morgan fingerprint density at radius 2 is 1.86 bits per heavy atom. The number of sulfonamides is 1. The maximum absolute atomic E-state index is 12.3. The molecular weight excluding hydrogens is 440 g/mol. The van der Waals surface area contributed by atoms with Crippen molar-refractivity contribution in [2.75, 3.05) is 19.4 Å². The number of rotatable bonds is 4. The molecule has 3 aromatic rings. The first-order chi connectivity index (χ1) is 13.2. The number of hydrogen-bond acceptors (Lipinski definition) is 6. The summed E-state index contributed by atoms with van der Waals surface area (Å²) in [6, 6.07) is 11.0. The minimum absolute atomic E-state index is 0.0742. The highest BCUT2D eigenvalue weighted by molar-refractivity contribution is 7.89. The molecule has 0 spiro atoms. The Hall–Kier alpha value is -2.11. The minimum atomic E-state index is -3.55. The van der Waals surface area contributed by atoms with Gasteiger partial charge in [0, 0.05) is 19.7 Å². The second-order valence-corrected chi connectivity index (χ2v) is 9.82.